The first kappa shape index (κ1) is 23.1. The van der Waals surface area contributed by atoms with Crippen LogP contribution >= 0.6 is 0 Å². The van der Waals surface area contributed by atoms with E-state index < -0.39 is 6.10 Å². The van der Waals surface area contributed by atoms with Gasteiger partial charge in [-0.25, -0.2) is 0 Å². The average molecular weight is 448 g/mol. The number of fused-ring (bicyclic) bond motifs is 1. The molecular weight excluding hydrogens is 414 g/mol. The molecule has 0 spiro atoms. The van der Waals surface area contributed by atoms with E-state index in [2.05, 4.69) is 17.4 Å². The van der Waals surface area contributed by atoms with Crippen molar-refractivity contribution >= 4 is 0 Å². The zero-order chi connectivity index (χ0) is 22.9. The summed E-state index contributed by atoms with van der Waals surface area (Å²) >= 11 is 0. The van der Waals surface area contributed by atoms with Gasteiger partial charge in [-0.15, -0.1) is 0 Å². The summed E-state index contributed by atoms with van der Waals surface area (Å²) in [5.41, 5.74) is 3.94. The van der Waals surface area contributed by atoms with Crippen LogP contribution in [0.15, 0.2) is 72.8 Å². The fourth-order valence-corrected chi connectivity index (χ4v) is 4.19. The van der Waals surface area contributed by atoms with Crippen LogP contribution < -0.4 is 19.5 Å². The van der Waals surface area contributed by atoms with Gasteiger partial charge in [-0.1, -0.05) is 36.4 Å². The minimum atomic E-state index is -0.556. The van der Waals surface area contributed by atoms with E-state index in [-0.39, 0.29) is 6.61 Å². The molecule has 4 rings (SSSR count). The molecule has 5 heteroatoms. The molecule has 0 saturated heterocycles. The predicted octanol–water partition coefficient (Wildman–Crippen LogP) is 4.41. The second kappa shape index (κ2) is 11.7. The van der Waals surface area contributed by atoms with Gasteiger partial charge in [0.25, 0.3) is 0 Å². The Balaban J connectivity index is 1.13. The third kappa shape index (κ3) is 6.98. The van der Waals surface area contributed by atoms with Crippen molar-refractivity contribution < 1.29 is 19.3 Å². The fourth-order valence-electron chi connectivity index (χ4n) is 4.19. The highest BCUT2D eigenvalue weighted by atomic mass is 16.5. The van der Waals surface area contributed by atoms with E-state index in [0.717, 1.165) is 48.6 Å². The summed E-state index contributed by atoms with van der Waals surface area (Å²) in [5, 5.41) is 13.7. The zero-order valence-corrected chi connectivity index (χ0v) is 19.2. The highest BCUT2D eigenvalue weighted by Gasteiger charge is 2.19. The smallest absolute Gasteiger partial charge is 0.120 e. The molecular formula is C28H33NO4. The molecule has 3 aromatic carbocycles. The van der Waals surface area contributed by atoms with Crippen molar-refractivity contribution in [2.45, 2.75) is 32.0 Å². The second-order valence-electron chi connectivity index (χ2n) is 8.61. The summed E-state index contributed by atoms with van der Waals surface area (Å²) in [4.78, 5) is 0. The molecule has 174 valence electrons. The lowest BCUT2D eigenvalue weighted by atomic mass is 9.84. The first-order valence-electron chi connectivity index (χ1n) is 11.6. The average Bonchev–Trinajstić information content (AvgIpc) is 2.87. The first-order chi connectivity index (χ1) is 16.2. The monoisotopic (exact) mass is 447 g/mol. The molecule has 2 atom stereocenters. The van der Waals surface area contributed by atoms with E-state index >= 15 is 0 Å². The van der Waals surface area contributed by atoms with Crippen LogP contribution in [0.25, 0.3) is 0 Å². The van der Waals surface area contributed by atoms with E-state index in [0.29, 0.717) is 19.1 Å². The molecule has 0 bridgehead atoms. The molecule has 1 unspecified atom stereocenters. The van der Waals surface area contributed by atoms with Gasteiger partial charge in [0.15, 0.2) is 0 Å². The van der Waals surface area contributed by atoms with Gasteiger partial charge in [0.2, 0.25) is 0 Å². The minimum absolute atomic E-state index is 0.254. The molecule has 0 saturated carbocycles. The third-order valence-corrected chi connectivity index (χ3v) is 6.07. The number of nitrogens with one attached hydrogen (secondary N) is 1. The standard InChI is InChI=1S/C28H33NO4/c1-31-28-10-9-23-15-22(7-8-24(23)16-28)17-29-18-25(30)20-33-27-13-11-26(12-14-27)32-19-21-5-3-2-4-6-21/h2-6,9-14,16,22,25,29-30H,7-8,15,17-20H2,1H3/t22?,25-/m0/s1. The van der Waals surface area contributed by atoms with Gasteiger partial charge < -0.3 is 24.6 Å². The van der Waals surface area contributed by atoms with Crippen LogP contribution in [0.3, 0.4) is 0 Å². The van der Waals surface area contributed by atoms with E-state index in [1.807, 2.05) is 60.7 Å². The van der Waals surface area contributed by atoms with E-state index in [1.165, 1.54) is 11.1 Å². The molecule has 0 fully saturated rings. The van der Waals surface area contributed by atoms with Crippen molar-refractivity contribution in [3.8, 4) is 17.2 Å². The van der Waals surface area contributed by atoms with Gasteiger partial charge in [-0.05, 0) is 84.8 Å². The van der Waals surface area contributed by atoms with Crippen molar-refractivity contribution in [1.82, 2.24) is 5.32 Å². The number of aliphatic hydroxyl groups excluding tert-OH is 1. The number of hydrogen-bond acceptors (Lipinski definition) is 5. The van der Waals surface area contributed by atoms with Crippen LogP contribution in [0.4, 0.5) is 0 Å². The molecule has 3 aromatic rings. The van der Waals surface area contributed by atoms with E-state index in [1.54, 1.807) is 7.11 Å². The maximum atomic E-state index is 10.3. The summed E-state index contributed by atoms with van der Waals surface area (Å²) in [6.07, 6.45) is 2.74. The molecule has 33 heavy (non-hydrogen) atoms. The van der Waals surface area contributed by atoms with Gasteiger partial charge in [-0.2, -0.15) is 0 Å². The van der Waals surface area contributed by atoms with Crippen LogP contribution in [-0.4, -0.2) is 38.0 Å². The highest BCUT2D eigenvalue weighted by Crippen LogP contribution is 2.28. The molecule has 5 nitrogen and oxygen atoms in total. The Labute approximate surface area is 196 Å². The van der Waals surface area contributed by atoms with Crippen LogP contribution in [0.5, 0.6) is 17.2 Å². The highest BCUT2D eigenvalue weighted by molar-refractivity contribution is 5.37. The maximum absolute atomic E-state index is 10.3. The molecule has 0 aromatic heterocycles. The van der Waals surface area contributed by atoms with Crippen LogP contribution in [-0.2, 0) is 19.4 Å². The van der Waals surface area contributed by atoms with Gasteiger partial charge in [-0.3, -0.25) is 0 Å². The third-order valence-electron chi connectivity index (χ3n) is 6.07. The van der Waals surface area contributed by atoms with Crippen molar-refractivity contribution in [3.05, 3.63) is 89.5 Å². The van der Waals surface area contributed by atoms with Crippen molar-refractivity contribution in [2.24, 2.45) is 5.92 Å². The summed E-state index contributed by atoms with van der Waals surface area (Å²) in [6, 6.07) is 24.0. The van der Waals surface area contributed by atoms with Gasteiger partial charge in [0.05, 0.1) is 7.11 Å². The molecule has 0 heterocycles. The fraction of sp³-hybridized carbons (Fsp3) is 0.357. The van der Waals surface area contributed by atoms with E-state index in [9.17, 15) is 5.11 Å². The van der Waals surface area contributed by atoms with Crippen LogP contribution in [0, 0.1) is 5.92 Å². The number of hydrogen-bond donors (Lipinski definition) is 2. The van der Waals surface area contributed by atoms with Gasteiger partial charge in [0, 0.05) is 6.54 Å². The van der Waals surface area contributed by atoms with Crippen molar-refractivity contribution in [1.29, 1.82) is 0 Å². The summed E-state index contributed by atoms with van der Waals surface area (Å²) in [7, 11) is 1.71. The summed E-state index contributed by atoms with van der Waals surface area (Å²) < 4.78 is 16.9. The van der Waals surface area contributed by atoms with Crippen LogP contribution in [0.1, 0.15) is 23.1 Å². The Hall–Kier alpha value is -3.02. The number of aliphatic hydroxyl groups is 1. The molecule has 0 radical (unpaired) electrons. The van der Waals surface area contributed by atoms with E-state index in [4.69, 9.17) is 14.2 Å². The number of methoxy groups -OCH3 is 1. The van der Waals surface area contributed by atoms with Crippen LogP contribution in [0.2, 0.25) is 0 Å². The maximum Gasteiger partial charge on any atom is 0.120 e. The summed E-state index contributed by atoms with van der Waals surface area (Å²) in [6.45, 7) is 2.21. The molecule has 0 amide bonds. The number of ether oxygens (including phenoxy) is 3. The number of rotatable bonds is 11. The topological polar surface area (TPSA) is 60.0 Å². The second-order valence-corrected chi connectivity index (χ2v) is 8.61. The Bertz CT molecular complexity index is 991. The van der Waals surface area contributed by atoms with Gasteiger partial charge >= 0.3 is 0 Å². The SMILES string of the molecule is COc1ccc2c(c1)CCC(CNC[C@H](O)COc1ccc(OCc3ccccc3)cc1)C2. The number of aryl methyl sites for hydroxylation is 1. The molecule has 0 aliphatic heterocycles. The number of benzene rings is 3. The van der Waals surface area contributed by atoms with Crippen molar-refractivity contribution in [2.75, 3.05) is 26.8 Å². The lowest BCUT2D eigenvalue weighted by Crippen LogP contribution is -2.35. The minimum Gasteiger partial charge on any atom is -0.497 e. The zero-order valence-electron chi connectivity index (χ0n) is 19.2. The summed E-state index contributed by atoms with van der Waals surface area (Å²) in [5.74, 6) is 3.03. The Kier molecular flexibility index (Phi) is 8.23. The quantitative estimate of drug-likeness (QED) is 0.456. The van der Waals surface area contributed by atoms with Crippen molar-refractivity contribution in [3.63, 3.8) is 0 Å². The predicted molar refractivity (Wildman–Crippen MR) is 130 cm³/mol. The lowest BCUT2D eigenvalue weighted by Gasteiger charge is -2.25. The molecule has 1 aliphatic rings. The Morgan fingerprint density at radius 2 is 1.64 bits per heavy atom. The molecule has 1 aliphatic carbocycles. The van der Waals surface area contributed by atoms with Gasteiger partial charge in [0.1, 0.15) is 36.6 Å². The normalized spacial score (nSPS) is 16.0. The lowest BCUT2D eigenvalue weighted by molar-refractivity contribution is 0.105. The Morgan fingerprint density at radius 3 is 2.39 bits per heavy atom. The first-order valence-corrected chi connectivity index (χ1v) is 11.6. The largest absolute Gasteiger partial charge is 0.497 e. The molecule has 2 N–H and O–H groups in total. The Morgan fingerprint density at radius 1 is 0.909 bits per heavy atom.